The van der Waals surface area contributed by atoms with Crippen LogP contribution in [-0.2, 0) is 0 Å². The molecule has 132 valence electrons. The predicted molar refractivity (Wildman–Crippen MR) is 106 cm³/mol. The summed E-state index contributed by atoms with van der Waals surface area (Å²) in [5, 5.41) is 0.716. The van der Waals surface area contributed by atoms with Crippen molar-refractivity contribution in [2.75, 3.05) is 38.1 Å². The number of nitrogens with zero attached hydrogens (tertiary/aromatic N) is 5. The molecule has 0 bridgehead atoms. The molecule has 0 aliphatic carbocycles. The Morgan fingerprint density at radius 2 is 1.76 bits per heavy atom. The smallest absolute Gasteiger partial charge is 0.269 e. The minimum atomic E-state index is -0.0241. The summed E-state index contributed by atoms with van der Waals surface area (Å²) in [5.74, 6) is 0.700. The van der Waals surface area contributed by atoms with Crippen LogP contribution < -0.4 is 10.5 Å². The number of rotatable bonds is 1. The molecule has 4 rings (SSSR count). The Kier molecular flexibility index (Phi) is 4.09. The van der Waals surface area contributed by atoms with Gasteiger partial charge in [-0.25, -0.2) is 14.4 Å². The standard InChI is InChI=1S/C17H20BrN5OS/c1-9-11(3)25-15-12(9)16(24)23-14(20-15)13(18)10(2)19-17(23)22-7-5-21(4)6-8-22/h5-8H2,1-4H3. The van der Waals surface area contributed by atoms with Crippen LogP contribution in [0.25, 0.3) is 15.9 Å². The lowest BCUT2D eigenvalue weighted by molar-refractivity contribution is 0.310. The maximum absolute atomic E-state index is 13.3. The first-order valence-electron chi connectivity index (χ1n) is 8.30. The lowest BCUT2D eigenvalue weighted by Crippen LogP contribution is -2.46. The van der Waals surface area contributed by atoms with Gasteiger partial charge >= 0.3 is 0 Å². The van der Waals surface area contributed by atoms with Gasteiger partial charge in [0.15, 0.2) is 5.65 Å². The molecule has 0 atom stereocenters. The summed E-state index contributed by atoms with van der Waals surface area (Å²) in [5.41, 5.74) is 2.50. The van der Waals surface area contributed by atoms with Crippen LogP contribution in [0, 0.1) is 20.8 Å². The van der Waals surface area contributed by atoms with Crippen LogP contribution >= 0.6 is 27.3 Å². The molecule has 0 N–H and O–H groups in total. The van der Waals surface area contributed by atoms with Gasteiger partial charge in [-0.3, -0.25) is 4.79 Å². The van der Waals surface area contributed by atoms with Crippen molar-refractivity contribution in [2.24, 2.45) is 0 Å². The first-order chi connectivity index (χ1) is 11.9. The van der Waals surface area contributed by atoms with Gasteiger partial charge in [0.2, 0.25) is 5.95 Å². The number of halogens is 1. The first kappa shape index (κ1) is 16.9. The van der Waals surface area contributed by atoms with Crippen LogP contribution in [0.1, 0.15) is 16.1 Å². The van der Waals surface area contributed by atoms with Crippen molar-refractivity contribution in [2.45, 2.75) is 20.8 Å². The lowest BCUT2D eigenvalue weighted by Gasteiger charge is -2.33. The molecule has 0 unspecified atom stereocenters. The third-order valence-electron chi connectivity index (χ3n) is 4.97. The molecule has 0 amide bonds. The molecule has 3 aromatic heterocycles. The highest BCUT2D eigenvalue weighted by atomic mass is 79.9. The number of hydrogen-bond donors (Lipinski definition) is 0. The van der Waals surface area contributed by atoms with Gasteiger partial charge in [0.05, 0.1) is 15.6 Å². The van der Waals surface area contributed by atoms with Crippen LogP contribution in [0.3, 0.4) is 0 Å². The Balaban J connectivity index is 2.07. The van der Waals surface area contributed by atoms with Crippen molar-refractivity contribution >= 4 is 49.1 Å². The maximum atomic E-state index is 13.3. The van der Waals surface area contributed by atoms with E-state index in [2.05, 4.69) is 32.8 Å². The molecule has 3 aromatic rings. The Bertz CT molecular complexity index is 1050. The SMILES string of the molecule is Cc1nc(N2CCN(C)CC2)n2c(=O)c3c(C)c(C)sc3nc2c1Br. The normalized spacial score (nSPS) is 16.3. The minimum absolute atomic E-state index is 0.0241. The Morgan fingerprint density at radius 3 is 2.44 bits per heavy atom. The number of piperazine rings is 1. The summed E-state index contributed by atoms with van der Waals surface area (Å²) in [7, 11) is 2.12. The summed E-state index contributed by atoms with van der Waals surface area (Å²) in [4.78, 5) is 29.3. The van der Waals surface area contributed by atoms with E-state index < -0.39 is 0 Å². The third kappa shape index (κ3) is 2.58. The van der Waals surface area contributed by atoms with E-state index in [0.717, 1.165) is 51.6 Å². The van der Waals surface area contributed by atoms with E-state index in [-0.39, 0.29) is 5.56 Å². The monoisotopic (exact) mass is 421 g/mol. The minimum Gasteiger partial charge on any atom is -0.339 e. The van der Waals surface area contributed by atoms with Crippen LogP contribution in [0.4, 0.5) is 5.95 Å². The molecule has 8 heteroatoms. The summed E-state index contributed by atoms with van der Waals surface area (Å²) >= 11 is 5.16. The molecular formula is C17H20BrN5OS. The second-order valence-electron chi connectivity index (χ2n) is 6.64. The second-order valence-corrected chi connectivity index (χ2v) is 8.64. The number of aromatic nitrogens is 3. The average Bonchev–Trinajstić information content (AvgIpc) is 2.87. The van der Waals surface area contributed by atoms with E-state index >= 15 is 0 Å². The average molecular weight is 422 g/mol. The Hall–Kier alpha value is -1.51. The summed E-state index contributed by atoms with van der Waals surface area (Å²) in [6.45, 7) is 9.60. The molecule has 0 spiro atoms. The molecule has 6 nitrogen and oxygen atoms in total. The zero-order valence-corrected chi connectivity index (χ0v) is 17.2. The topological polar surface area (TPSA) is 53.7 Å². The van der Waals surface area contributed by atoms with E-state index in [4.69, 9.17) is 9.97 Å². The third-order valence-corrected chi connectivity index (χ3v) is 7.00. The molecular weight excluding hydrogens is 402 g/mol. The highest BCUT2D eigenvalue weighted by Crippen LogP contribution is 2.30. The number of fused-ring (bicyclic) bond motifs is 2. The molecule has 0 saturated carbocycles. The zero-order chi connectivity index (χ0) is 17.9. The number of aryl methyl sites for hydroxylation is 3. The van der Waals surface area contributed by atoms with Crippen molar-refractivity contribution in [3.8, 4) is 0 Å². The first-order valence-corrected chi connectivity index (χ1v) is 9.91. The largest absolute Gasteiger partial charge is 0.339 e. The van der Waals surface area contributed by atoms with Crippen molar-refractivity contribution in [3.05, 3.63) is 31.0 Å². The van der Waals surface area contributed by atoms with Gasteiger partial charge in [-0.2, -0.15) is 0 Å². The summed E-state index contributed by atoms with van der Waals surface area (Å²) in [6.07, 6.45) is 0. The van der Waals surface area contributed by atoms with E-state index in [1.54, 1.807) is 15.7 Å². The number of anilines is 1. The molecule has 1 fully saturated rings. The summed E-state index contributed by atoms with van der Waals surface area (Å²) in [6, 6.07) is 0. The fraction of sp³-hybridized carbons (Fsp3) is 0.471. The molecule has 1 aliphatic heterocycles. The number of likely N-dealkylation sites (N-methyl/N-ethyl adjacent to an activating group) is 1. The van der Waals surface area contributed by atoms with Crippen LogP contribution in [0.5, 0.6) is 0 Å². The van der Waals surface area contributed by atoms with Gasteiger partial charge in [-0.15, -0.1) is 11.3 Å². The van der Waals surface area contributed by atoms with Gasteiger partial charge in [-0.1, -0.05) is 0 Å². The summed E-state index contributed by atoms with van der Waals surface area (Å²) < 4.78 is 2.47. The molecule has 1 saturated heterocycles. The van der Waals surface area contributed by atoms with E-state index in [9.17, 15) is 4.79 Å². The van der Waals surface area contributed by atoms with Crippen molar-refractivity contribution < 1.29 is 0 Å². The molecule has 4 heterocycles. The van der Waals surface area contributed by atoms with Gasteiger partial charge in [0.1, 0.15) is 4.83 Å². The maximum Gasteiger partial charge on any atom is 0.269 e. The van der Waals surface area contributed by atoms with Crippen LogP contribution in [0.15, 0.2) is 9.27 Å². The van der Waals surface area contributed by atoms with Crippen molar-refractivity contribution in [3.63, 3.8) is 0 Å². The second kappa shape index (κ2) is 6.03. The van der Waals surface area contributed by atoms with Crippen LogP contribution in [0.2, 0.25) is 0 Å². The van der Waals surface area contributed by atoms with E-state index in [0.29, 0.717) is 17.0 Å². The van der Waals surface area contributed by atoms with Gasteiger partial charge in [-0.05, 0) is 49.3 Å². The molecule has 0 aromatic carbocycles. The lowest BCUT2D eigenvalue weighted by atomic mass is 10.2. The van der Waals surface area contributed by atoms with Crippen molar-refractivity contribution in [1.29, 1.82) is 0 Å². The fourth-order valence-corrected chi connectivity index (χ4v) is 4.63. The molecule has 0 radical (unpaired) electrons. The molecule has 1 aliphatic rings. The van der Waals surface area contributed by atoms with Gasteiger partial charge in [0.25, 0.3) is 5.56 Å². The number of thiophene rings is 1. The van der Waals surface area contributed by atoms with Crippen molar-refractivity contribution in [1.82, 2.24) is 19.3 Å². The highest BCUT2D eigenvalue weighted by Gasteiger charge is 2.23. The van der Waals surface area contributed by atoms with E-state index in [1.807, 2.05) is 20.8 Å². The van der Waals surface area contributed by atoms with Crippen LogP contribution in [-0.4, -0.2) is 52.5 Å². The zero-order valence-electron chi connectivity index (χ0n) is 14.8. The van der Waals surface area contributed by atoms with Gasteiger partial charge in [0, 0.05) is 31.1 Å². The fourth-order valence-electron chi connectivity index (χ4n) is 3.26. The Labute approximate surface area is 158 Å². The predicted octanol–water partition coefficient (Wildman–Crippen LogP) is 2.74. The highest BCUT2D eigenvalue weighted by molar-refractivity contribution is 9.10. The quantitative estimate of drug-likeness (QED) is 0.604. The van der Waals surface area contributed by atoms with E-state index in [1.165, 1.54) is 0 Å². The number of hydrogen-bond acceptors (Lipinski definition) is 6. The Morgan fingerprint density at radius 1 is 1.08 bits per heavy atom. The molecule has 25 heavy (non-hydrogen) atoms. The van der Waals surface area contributed by atoms with Gasteiger partial charge < -0.3 is 9.80 Å².